The van der Waals surface area contributed by atoms with Crippen LogP contribution < -0.4 is 0 Å². The molecule has 3 rings (SSSR count). The van der Waals surface area contributed by atoms with E-state index in [0.717, 1.165) is 9.52 Å². The van der Waals surface area contributed by atoms with Gasteiger partial charge in [-0.2, -0.15) is 0 Å². The summed E-state index contributed by atoms with van der Waals surface area (Å²) >= 11 is 0. The third-order valence-electron chi connectivity index (χ3n) is 3.20. The van der Waals surface area contributed by atoms with Gasteiger partial charge in [0.15, 0.2) is 0 Å². The fraction of sp³-hybridized carbons (Fsp3) is 0.200. The molecule has 1 aliphatic rings. The second-order valence-corrected chi connectivity index (χ2v) is 5.92. The van der Waals surface area contributed by atoms with Crippen molar-refractivity contribution in [2.24, 2.45) is 0 Å². The highest BCUT2D eigenvalue weighted by atomic mass is 28.2. The molecule has 0 nitrogen and oxygen atoms in total. The second-order valence-electron chi connectivity index (χ2n) is 4.19. The van der Waals surface area contributed by atoms with Crippen LogP contribution in [0.2, 0.25) is 6.04 Å². The fourth-order valence-corrected chi connectivity index (χ4v) is 3.63. The maximum atomic E-state index is 2.37. The summed E-state index contributed by atoms with van der Waals surface area (Å²) in [6, 6.07) is 14.5. The van der Waals surface area contributed by atoms with Gasteiger partial charge in [-0.05, 0) is 27.4 Å². The molecular formula is C15H14Si. The summed E-state index contributed by atoms with van der Waals surface area (Å²) in [4.78, 5) is 0. The molecule has 2 aromatic rings. The van der Waals surface area contributed by atoms with Gasteiger partial charge in [0.05, 0.1) is 9.52 Å². The minimum absolute atomic E-state index is 0.642. The van der Waals surface area contributed by atoms with Crippen LogP contribution in [0.4, 0.5) is 0 Å². The molecular weight excluding hydrogens is 208 g/mol. The van der Waals surface area contributed by atoms with E-state index in [0.29, 0.717) is 5.54 Å². The first-order valence-corrected chi connectivity index (χ1v) is 7.12. The maximum absolute atomic E-state index is 2.37. The van der Waals surface area contributed by atoms with E-state index in [9.17, 15) is 0 Å². The minimum Gasteiger partial charge on any atom is -0.0796 e. The number of hydrogen-bond acceptors (Lipinski definition) is 0. The maximum Gasteiger partial charge on any atom is 0.0524 e. The Labute approximate surface area is 98.8 Å². The summed E-state index contributed by atoms with van der Waals surface area (Å²) in [6.07, 6.45) is 4.67. The Hall–Kier alpha value is -1.34. The van der Waals surface area contributed by atoms with Crippen molar-refractivity contribution < 1.29 is 0 Å². The zero-order valence-electron chi connectivity index (χ0n) is 9.40. The van der Waals surface area contributed by atoms with E-state index in [1.807, 2.05) is 0 Å². The average Bonchev–Trinajstić information content (AvgIpc) is 2.33. The monoisotopic (exact) mass is 222 g/mol. The van der Waals surface area contributed by atoms with Crippen molar-refractivity contribution in [1.82, 2.24) is 0 Å². The van der Waals surface area contributed by atoms with E-state index in [-0.39, 0.29) is 0 Å². The Balaban J connectivity index is 2.27. The van der Waals surface area contributed by atoms with Gasteiger partial charge in [-0.3, -0.25) is 0 Å². The van der Waals surface area contributed by atoms with Crippen LogP contribution in [-0.2, 0) is 0 Å². The van der Waals surface area contributed by atoms with E-state index in [1.54, 1.807) is 0 Å². The molecule has 0 heterocycles. The van der Waals surface area contributed by atoms with Crippen molar-refractivity contribution in [2.45, 2.75) is 18.5 Å². The highest BCUT2D eigenvalue weighted by Gasteiger charge is 2.16. The van der Waals surface area contributed by atoms with Crippen LogP contribution in [0, 0.1) is 0 Å². The van der Waals surface area contributed by atoms with Gasteiger partial charge in [0.25, 0.3) is 0 Å². The quantitative estimate of drug-likeness (QED) is 0.672. The highest BCUT2D eigenvalue weighted by Crippen LogP contribution is 2.34. The molecule has 0 saturated heterocycles. The fourth-order valence-electron chi connectivity index (χ4n) is 2.50. The Kier molecular flexibility index (Phi) is 2.41. The lowest BCUT2D eigenvalue weighted by atomic mass is 9.93. The predicted molar refractivity (Wildman–Crippen MR) is 72.0 cm³/mol. The molecule has 2 aromatic carbocycles. The summed E-state index contributed by atoms with van der Waals surface area (Å²) in [5.74, 6) is 0. The van der Waals surface area contributed by atoms with Crippen molar-refractivity contribution in [3.8, 4) is 0 Å². The highest BCUT2D eigenvalue weighted by molar-refractivity contribution is 6.39. The van der Waals surface area contributed by atoms with Crippen LogP contribution in [0.25, 0.3) is 16.8 Å². The van der Waals surface area contributed by atoms with Crippen molar-refractivity contribution in [2.75, 3.05) is 0 Å². The van der Waals surface area contributed by atoms with E-state index in [4.69, 9.17) is 0 Å². The van der Waals surface area contributed by atoms with Crippen LogP contribution in [0.5, 0.6) is 0 Å². The molecule has 16 heavy (non-hydrogen) atoms. The van der Waals surface area contributed by atoms with Gasteiger partial charge in [-0.25, -0.2) is 0 Å². The average molecular weight is 222 g/mol. The number of benzene rings is 2. The SMILES string of the molecule is CC[Si]C1C=Cc2cccc3cccc1c23. The summed E-state index contributed by atoms with van der Waals surface area (Å²) < 4.78 is 0. The Morgan fingerprint density at radius 2 is 1.94 bits per heavy atom. The van der Waals surface area contributed by atoms with Crippen LogP contribution in [0.15, 0.2) is 42.5 Å². The lowest BCUT2D eigenvalue weighted by molar-refractivity contribution is 1.18. The molecule has 0 aliphatic heterocycles. The standard InChI is InChI=1S/C15H14Si/c1-2-16-14-10-9-12-6-3-5-11-7-4-8-13(14)15(11)12/h3-10,14H,2H2,1H3. The van der Waals surface area contributed by atoms with Gasteiger partial charge in [0.2, 0.25) is 0 Å². The van der Waals surface area contributed by atoms with Crippen LogP contribution in [0.1, 0.15) is 23.6 Å². The Morgan fingerprint density at radius 3 is 2.75 bits per heavy atom. The molecule has 1 atom stereocenters. The first-order valence-electron chi connectivity index (χ1n) is 5.83. The van der Waals surface area contributed by atoms with E-state index < -0.39 is 0 Å². The molecule has 0 fully saturated rings. The molecule has 0 aromatic heterocycles. The van der Waals surface area contributed by atoms with Gasteiger partial charge in [0.1, 0.15) is 0 Å². The molecule has 78 valence electrons. The van der Waals surface area contributed by atoms with Gasteiger partial charge in [0, 0.05) is 0 Å². The Bertz CT molecular complexity index is 549. The van der Waals surface area contributed by atoms with Crippen LogP contribution in [0.3, 0.4) is 0 Å². The van der Waals surface area contributed by atoms with E-state index >= 15 is 0 Å². The molecule has 2 radical (unpaired) electrons. The van der Waals surface area contributed by atoms with Crippen molar-refractivity contribution in [1.29, 1.82) is 0 Å². The number of hydrogen-bond donors (Lipinski definition) is 0. The third-order valence-corrected chi connectivity index (χ3v) is 4.55. The molecule has 0 N–H and O–H groups in total. The first-order chi connectivity index (χ1) is 7.90. The minimum atomic E-state index is 0.642. The zero-order valence-corrected chi connectivity index (χ0v) is 10.4. The third kappa shape index (κ3) is 1.43. The van der Waals surface area contributed by atoms with Crippen molar-refractivity contribution in [3.63, 3.8) is 0 Å². The number of allylic oxidation sites excluding steroid dienone is 1. The smallest absolute Gasteiger partial charge is 0.0524 e. The van der Waals surface area contributed by atoms with Crippen LogP contribution >= 0.6 is 0 Å². The summed E-state index contributed by atoms with van der Waals surface area (Å²) in [7, 11) is 1.00. The first kappa shape index (κ1) is 9.85. The number of rotatable bonds is 2. The van der Waals surface area contributed by atoms with Crippen molar-refractivity contribution in [3.05, 3.63) is 53.6 Å². The van der Waals surface area contributed by atoms with Gasteiger partial charge in [-0.1, -0.05) is 61.5 Å². The predicted octanol–water partition coefficient (Wildman–Crippen LogP) is 4.05. The largest absolute Gasteiger partial charge is 0.0796 e. The summed E-state index contributed by atoms with van der Waals surface area (Å²) in [6.45, 7) is 2.27. The molecule has 1 unspecified atom stereocenters. The van der Waals surface area contributed by atoms with Gasteiger partial charge >= 0.3 is 0 Å². The summed E-state index contributed by atoms with van der Waals surface area (Å²) in [5.41, 5.74) is 3.55. The van der Waals surface area contributed by atoms with E-state index in [1.165, 1.54) is 27.9 Å². The molecule has 0 bridgehead atoms. The zero-order chi connectivity index (χ0) is 11.0. The van der Waals surface area contributed by atoms with Crippen molar-refractivity contribution >= 4 is 26.4 Å². The summed E-state index contributed by atoms with van der Waals surface area (Å²) in [5, 5.41) is 2.85. The Morgan fingerprint density at radius 1 is 1.12 bits per heavy atom. The lowest BCUT2D eigenvalue weighted by Gasteiger charge is -2.20. The van der Waals surface area contributed by atoms with Gasteiger partial charge < -0.3 is 0 Å². The van der Waals surface area contributed by atoms with E-state index in [2.05, 4.69) is 55.5 Å². The lowest BCUT2D eigenvalue weighted by Crippen LogP contribution is -2.07. The topological polar surface area (TPSA) is 0 Å². The second kappa shape index (κ2) is 3.91. The normalized spacial score (nSPS) is 17.9. The molecule has 1 heteroatoms. The molecule has 0 spiro atoms. The van der Waals surface area contributed by atoms with Crippen LogP contribution in [-0.4, -0.2) is 9.52 Å². The molecule has 1 aliphatic carbocycles. The molecule has 0 saturated carbocycles. The molecule has 0 amide bonds. The van der Waals surface area contributed by atoms with Gasteiger partial charge in [-0.15, -0.1) is 0 Å².